The number of phenols is 1. The molecule has 0 unspecified atom stereocenters. The Hall–Kier alpha value is -1.55. The molecule has 0 saturated carbocycles. The molecule has 1 aromatic carbocycles. The first kappa shape index (κ1) is 8.07. The Labute approximate surface area is 77.8 Å². The Morgan fingerprint density at radius 3 is 3.00 bits per heavy atom. The number of hydrogen-bond acceptors (Lipinski definition) is 3. The minimum absolute atomic E-state index is 0.0297. The molecule has 0 amide bonds. The molecule has 2 N–H and O–H groups in total. The molecule has 0 aliphatic rings. The van der Waals surface area contributed by atoms with Crippen LogP contribution < -0.4 is 5.56 Å². The number of aromatic amines is 1. The van der Waals surface area contributed by atoms with Gasteiger partial charge in [-0.1, -0.05) is 0 Å². The van der Waals surface area contributed by atoms with Crippen molar-refractivity contribution in [1.29, 1.82) is 0 Å². The van der Waals surface area contributed by atoms with Gasteiger partial charge in [-0.05, 0) is 29.8 Å². The maximum atomic E-state index is 11.3. The molecule has 0 atom stereocenters. The van der Waals surface area contributed by atoms with Crippen molar-refractivity contribution in [3.63, 3.8) is 0 Å². The third-order valence-electron chi connectivity index (χ3n) is 1.66. The molecule has 13 heavy (non-hydrogen) atoms. The van der Waals surface area contributed by atoms with Crippen LogP contribution in [0.5, 0.6) is 5.75 Å². The summed E-state index contributed by atoms with van der Waals surface area (Å²) in [7, 11) is 0. The lowest BCUT2D eigenvalue weighted by atomic mass is 10.2. The summed E-state index contributed by atoms with van der Waals surface area (Å²) >= 11 is 5.53. The number of rotatable bonds is 0. The van der Waals surface area contributed by atoms with E-state index in [0.717, 1.165) is 0 Å². The van der Waals surface area contributed by atoms with E-state index in [1.165, 1.54) is 18.2 Å². The van der Waals surface area contributed by atoms with E-state index in [-0.39, 0.29) is 16.6 Å². The number of aromatic nitrogens is 2. The molecule has 1 aromatic heterocycles. The highest BCUT2D eigenvalue weighted by molar-refractivity contribution is 6.28. The van der Waals surface area contributed by atoms with Gasteiger partial charge in [-0.25, -0.2) is 4.98 Å². The second-order valence-electron chi connectivity index (χ2n) is 2.56. The van der Waals surface area contributed by atoms with Crippen molar-refractivity contribution in [2.75, 3.05) is 0 Å². The largest absolute Gasteiger partial charge is 0.508 e. The summed E-state index contributed by atoms with van der Waals surface area (Å²) in [6.07, 6.45) is 0. The van der Waals surface area contributed by atoms with Gasteiger partial charge in [-0.3, -0.25) is 9.78 Å². The van der Waals surface area contributed by atoms with Crippen molar-refractivity contribution in [3.8, 4) is 5.75 Å². The van der Waals surface area contributed by atoms with Crippen LogP contribution in [0.2, 0.25) is 5.28 Å². The summed E-state index contributed by atoms with van der Waals surface area (Å²) in [6, 6.07) is 4.33. The Morgan fingerprint density at radius 1 is 1.46 bits per heavy atom. The summed E-state index contributed by atoms with van der Waals surface area (Å²) in [4.78, 5) is 17.5. The zero-order valence-corrected chi connectivity index (χ0v) is 7.17. The fraction of sp³-hybridized carbons (Fsp3) is 0. The number of benzene rings is 1. The molecular weight excluding hydrogens is 192 g/mol. The molecule has 5 heteroatoms. The highest BCUT2D eigenvalue weighted by Gasteiger charge is 2.02. The Kier molecular flexibility index (Phi) is 1.70. The molecule has 0 bridgehead atoms. The first-order valence-electron chi connectivity index (χ1n) is 3.55. The topological polar surface area (TPSA) is 66.0 Å². The van der Waals surface area contributed by atoms with Gasteiger partial charge >= 0.3 is 0 Å². The molecule has 0 spiro atoms. The molecule has 0 aliphatic carbocycles. The summed E-state index contributed by atoms with van der Waals surface area (Å²) < 4.78 is 0. The zero-order chi connectivity index (χ0) is 9.42. The van der Waals surface area contributed by atoms with Gasteiger partial charge in [0.15, 0.2) is 0 Å². The SMILES string of the molecule is O=c1[nH]c(Cl)nc2ccc(O)cc12. The molecule has 2 rings (SSSR count). The van der Waals surface area contributed by atoms with Crippen LogP contribution in [-0.2, 0) is 0 Å². The van der Waals surface area contributed by atoms with Crippen molar-refractivity contribution in [3.05, 3.63) is 33.8 Å². The zero-order valence-electron chi connectivity index (χ0n) is 6.41. The van der Waals surface area contributed by atoms with Crippen LogP contribution in [0.25, 0.3) is 10.9 Å². The smallest absolute Gasteiger partial charge is 0.259 e. The summed E-state index contributed by atoms with van der Waals surface area (Å²) in [5.41, 5.74) is 0.109. The molecule has 0 fully saturated rings. The van der Waals surface area contributed by atoms with E-state index in [9.17, 15) is 4.79 Å². The predicted molar refractivity (Wildman–Crippen MR) is 49.0 cm³/mol. The number of halogens is 1. The van der Waals surface area contributed by atoms with E-state index >= 15 is 0 Å². The fourth-order valence-corrected chi connectivity index (χ4v) is 1.27. The first-order chi connectivity index (χ1) is 6.16. The third kappa shape index (κ3) is 1.36. The lowest BCUT2D eigenvalue weighted by molar-refractivity contribution is 0.476. The van der Waals surface area contributed by atoms with Crippen molar-refractivity contribution in [2.45, 2.75) is 0 Å². The van der Waals surface area contributed by atoms with Gasteiger partial charge in [0.25, 0.3) is 5.56 Å². The van der Waals surface area contributed by atoms with E-state index in [0.29, 0.717) is 10.9 Å². The Bertz CT molecular complexity index is 521. The molecule has 0 radical (unpaired) electrons. The van der Waals surface area contributed by atoms with Gasteiger partial charge in [0.1, 0.15) is 5.75 Å². The van der Waals surface area contributed by atoms with E-state index in [1.54, 1.807) is 0 Å². The highest BCUT2D eigenvalue weighted by Crippen LogP contribution is 2.15. The Morgan fingerprint density at radius 2 is 2.23 bits per heavy atom. The molecule has 0 aliphatic heterocycles. The second kappa shape index (κ2) is 2.74. The molecule has 0 saturated heterocycles. The number of phenolic OH excluding ortho intramolecular Hbond substituents is 1. The van der Waals surface area contributed by atoms with Crippen molar-refractivity contribution in [2.24, 2.45) is 0 Å². The normalized spacial score (nSPS) is 10.5. The van der Waals surface area contributed by atoms with Crippen LogP contribution in [0.4, 0.5) is 0 Å². The second-order valence-corrected chi connectivity index (χ2v) is 2.92. The predicted octanol–water partition coefficient (Wildman–Crippen LogP) is 1.28. The molecule has 1 heterocycles. The molecule has 2 aromatic rings. The maximum Gasteiger partial charge on any atom is 0.259 e. The van der Waals surface area contributed by atoms with Crippen LogP contribution in [0, 0.1) is 0 Å². The monoisotopic (exact) mass is 196 g/mol. The summed E-state index contributed by atoms with van der Waals surface area (Å²) in [5, 5.41) is 9.48. The van der Waals surface area contributed by atoms with Crippen LogP contribution >= 0.6 is 11.6 Å². The first-order valence-corrected chi connectivity index (χ1v) is 3.93. The molecular formula is C8H5ClN2O2. The van der Waals surface area contributed by atoms with Crippen molar-refractivity contribution in [1.82, 2.24) is 9.97 Å². The summed E-state index contributed by atoms with van der Waals surface area (Å²) in [5.74, 6) is 0.0297. The minimum Gasteiger partial charge on any atom is -0.508 e. The van der Waals surface area contributed by atoms with Gasteiger partial charge in [-0.2, -0.15) is 0 Å². The third-order valence-corrected chi connectivity index (χ3v) is 1.84. The molecule has 4 nitrogen and oxygen atoms in total. The van der Waals surface area contributed by atoms with Gasteiger partial charge in [0.2, 0.25) is 5.28 Å². The van der Waals surface area contributed by atoms with Gasteiger partial charge in [0, 0.05) is 0 Å². The van der Waals surface area contributed by atoms with Crippen LogP contribution in [0.3, 0.4) is 0 Å². The Balaban J connectivity index is 2.95. The lowest BCUT2D eigenvalue weighted by Gasteiger charge is -1.97. The summed E-state index contributed by atoms with van der Waals surface area (Å²) in [6.45, 7) is 0. The van der Waals surface area contributed by atoms with Crippen molar-refractivity contribution < 1.29 is 5.11 Å². The van der Waals surface area contributed by atoms with Crippen LogP contribution in [0.15, 0.2) is 23.0 Å². The maximum absolute atomic E-state index is 11.3. The number of fused-ring (bicyclic) bond motifs is 1. The van der Waals surface area contributed by atoms with Gasteiger partial charge < -0.3 is 5.11 Å². The lowest BCUT2D eigenvalue weighted by Crippen LogP contribution is -2.07. The van der Waals surface area contributed by atoms with E-state index in [1.807, 2.05) is 0 Å². The average Bonchev–Trinajstić information content (AvgIpc) is 2.06. The number of aromatic hydroxyl groups is 1. The standard InChI is InChI=1S/C8H5ClN2O2/c9-8-10-6-2-1-4(12)3-5(6)7(13)11-8/h1-3,12H,(H,10,11,13). The number of nitrogens with zero attached hydrogens (tertiary/aromatic N) is 1. The highest BCUT2D eigenvalue weighted by atomic mass is 35.5. The van der Waals surface area contributed by atoms with E-state index in [4.69, 9.17) is 16.7 Å². The van der Waals surface area contributed by atoms with E-state index < -0.39 is 0 Å². The van der Waals surface area contributed by atoms with E-state index in [2.05, 4.69) is 9.97 Å². The fourth-order valence-electron chi connectivity index (χ4n) is 1.10. The van der Waals surface area contributed by atoms with Gasteiger partial charge in [0.05, 0.1) is 10.9 Å². The van der Waals surface area contributed by atoms with Gasteiger partial charge in [-0.15, -0.1) is 0 Å². The number of H-pyrrole nitrogens is 1. The minimum atomic E-state index is -0.356. The number of nitrogens with one attached hydrogen (secondary N) is 1. The van der Waals surface area contributed by atoms with Crippen molar-refractivity contribution >= 4 is 22.5 Å². The average molecular weight is 197 g/mol. The van der Waals surface area contributed by atoms with Crippen LogP contribution in [-0.4, -0.2) is 15.1 Å². The molecule has 66 valence electrons. The number of hydrogen-bond donors (Lipinski definition) is 2. The van der Waals surface area contributed by atoms with Crippen LogP contribution in [0.1, 0.15) is 0 Å². The quantitative estimate of drug-likeness (QED) is 0.624.